The number of carbonyl (C=O) groups excluding carboxylic acids is 1. The van der Waals surface area contributed by atoms with E-state index in [4.69, 9.17) is 0 Å². The number of carbonyl (C=O) groups is 1. The standard InChI is InChI=1S/C15H16N2O/c1-11(2)7-12-3-5-13(6-4-12)15-8-14(9-18)16-10-17-15/h3-6,8-11H,7H2,1-2H3. The van der Waals surface area contributed by atoms with E-state index >= 15 is 0 Å². The van der Waals surface area contributed by atoms with Crippen LogP contribution in [0.5, 0.6) is 0 Å². The first-order valence-electron chi connectivity index (χ1n) is 6.05. The third-order valence-electron chi connectivity index (χ3n) is 2.70. The molecular weight excluding hydrogens is 224 g/mol. The SMILES string of the molecule is CC(C)Cc1ccc(-c2cc(C=O)ncn2)cc1. The third-order valence-corrected chi connectivity index (χ3v) is 2.70. The van der Waals surface area contributed by atoms with Gasteiger partial charge in [-0.2, -0.15) is 0 Å². The minimum Gasteiger partial charge on any atom is -0.296 e. The quantitative estimate of drug-likeness (QED) is 0.771. The Labute approximate surface area is 107 Å². The maximum Gasteiger partial charge on any atom is 0.168 e. The van der Waals surface area contributed by atoms with Crippen LogP contribution in [0.1, 0.15) is 29.9 Å². The zero-order valence-corrected chi connectivity index (χ0v) is 10.6. The Bertz CT molecular complexity index is 532. The van der Waals surface area contributed by atoms with Crippen molar-refractivity contribution in [1.82, 2.24) is 9.97 Å². The summed E-state index contributed by atoms with van der Waals surface area (Å²) in [6.45, 7) is 4.41. The van der Waals surface area contributed by atoms with Gasteiger partial charge in [0.1, 0.15) is 12.0 Å². The van der Waals surface area contributed by atoms with Gasteiger partial charge in [-0.3, -0.25) is 4.79 Å². The molecular formula is C15H16N2O. The van der Waals surface area contributed by atoms with Crippen molar-refractivity contribution < 1.29 is 4.79 Å². The Morgan fingerprint density at radius 3 is 2.50 bits per heavy atom. The summed E-state index contributed by atoms with van der Waals surface area (Å²) in [5.41, 5.74) is 3.51. The lowest BCUT2D eigenvalue weighted by atomic mass is 10.0. The van der Waals surface area contributed by atoms with Gasteiger partial charge < -0.3 is 0 Å². The smallest absolute Gasteiger partial charge is 0.168 e. The van der Waals surface area contributed by atoms with Crippen LogP contribution < -0.4 is 0 Å². The van der Waals surface area contributed by atoms with Gasteiger partial charge in [0.15, 0.2) is 6.29 Å². The zero-order valence-electron chi connectivity index (χ0n) is 10.6. The fourth-order valence-electron chi connectivity index (χ4n) is 1.88. The number of rotatable bonds is 4. The lowest BCUT2D eigenvalue weighted by Gasteiger charge is -2.06. The van der Waals surface area contributed by atoms with E-state index in [-0.39, 0.29) is 0 Å². The van der Waals surface area contributed by atoms with Gasteiger partial charge in [-0.1, -0.05) is 38.1 Å². The van der Waals surface area contributed by atoms with Crippen LogP contribution in [-0.4, -0.2) is 16.3 Å². The van der Waals surface area contributed by atoms with Crippen LogP contribution in [0.2, 0.25) is 0 Å². The molecule has 0 amide bonds. The summed E-state index contributed by atoms with van der Waals surface area (Å²) in [6, 6.07) is 9.99. The van der Waals surface area contributed by atoms with E-state index in [0.717, 1.165) is 24.0 Å². The van der Waals surface area contributed by atoms with Crippen molar-refractivity contribution in [2.75, 3.05) is 0 Å². The van der Waals surface area contributed by atoms with Crippen LogP contribution in [0, 0.1) is 5.92 Å². The van der Waals surface area contributed by atoms with Gasteiger partial charge in [-0.05, 0) is 24.0 Å². The third kappa shape index (κ3) is 3.00. The Morgan fingerprint density at radius 2 is 1.89 bits per heavy atom. The number of hydrogen-bond donors (Lipinski definition) is 0. The maximum absolute atomic E-state index is 10.7. The second-order valence-electron chi connectivity index (χ2n) is 4.74. The molecule has 1 aromatic carbocycles. The van der Waals surface area contributed by atoms with E-state index in [1.54, 1.807) is 6.07 Å². The molecule has 2 rings (SSSR count). The molecule has 0 fully saturated rings. The second kappa shape index (κ2) is 5.54. The van der Waals surface area contributed by atoms with Crippen LogP contribution in [0.15, 0.2) is 36.7 Å². The van der Waals surface area contributed by atoms with Crippen molar-refractivity contribution in [2.45, 2.75) is 20.3 Å². The van der Waals surface area contributed by atoms with Crippen LogP contribution in [0.3, 0.4) is 0 Å². The van der Waals surface area contributed by atoms with Crippen LogP contribution in [-0.2, 0) is 6.42 Å². The average molecular weight is 240 g/mol. The normalized spacial score (nSPS) is 10.6. The van der Waals surface area contributed by atoms with Crippen LogP contribution in [0.4, 0.5) is 0 Å². The number of aromatic nitrogens is 2. The van der Waals surface area contributed by atoms with Gasteiger partial charge in [0.05, 0.1) is 5.69 Å². The highest BCUT2D eigenvalue weighted by atomic mass is 16.1. The van der Waals surface area contributed by atoms with Crippen molar-refractivity contribution >= 4 is 6.29 Å². The minimum absolute atomic E-state index is 0.409. The van der Waals surface area contributed by atoms with Gasteiger partial charge in [-0.15, -0.1) is 0 Å². The largest absolute Gasteiger partial charge is 0.296 e. The van der Waals surface area contributed by atoms with Crippen molar-refractivity contribution in [3.63, 3.8) is 0 Å². The molecule has 0 N–H and O–H groups in total. The van der Waals surface area contributed by atoms with Gasteiger partial charge in [0, 0.05) is 5.56 Å². The summed E-state index contributed by atoms with van der Waals surface area (Å²) in [6.07, 6.45) is 3.23. The van der Waals surface area contributed by atoms with Crippen molar-refractivity contribution in [1.29, 1.82) is 0 Å². The van der Waals surface area contributed by atoms with E-state index in [1.807, 2.05) is 12.1 Å². The van der Waals surface area contributed by atoms with Crippen molar-refractivity contribution in [3.05, 3.63) is 47.9 Å². The summed E-state index contributed by atoms with van der Waals surface area (Å²) in [5.74, 6) is 0.650. The van der Waals surface area contributed by atoms with Crippen LogP contribution >= 0.6 is 0 Å². The molecule has 0 aliphatic heterocycles. The summed E-state index contributed by atoms with van der Waals surface area (Å²) in [7, 11) is 0. The number of benzene rings is 1. The highest BCUT2D eigenvalue weighted by Gasteiger charge is 2.02. The molecule has 18 heavy (non-hydrogen) atoms. The molecule has 1 heterocycles. The average Bonchev–Trinajstić information content (AvgIpc) is 2.39. The molecule has 0 saturated heterocycles. The number of hydrogen-bond acceptors (Lipinski definition) is 3. The maximum atomic E-state index is 10.7. The van der Waals surface area contributed by atoms with Gasteiger partial charge >= 0.3 is 0 Å². The second-order valence-corrected chi connectivity index (χ2v) is 4.74. The molecule has 3 heteroatoms. The molecule has 0 aliphatic rings. The monoisotopic (exact) mass is 240 g/mol. The summed E-state index contributed by atoms with van der Waals surface area (Å²) in [4.78, 5) is 18.7. The lowest BCUT2D eigenvalue weighted by Crippen LogP contribution is -1.94. The van der Waals surface area contributed by atoms with Crippen molar-refractivity contribution in [2.24, 2.45) is 5.92 Å². The predicted octanol–water partition coefficient (Wildman–Crippen LogP) is 3.15. The summed E-state index contributed by atoms with van der Waals surface area (Å²) in [5, 5.41) is 0. The van der Waals surface area contributed by atoms with E-state index in [2.05, 4.69) is 35.9 Å². The summed E-state index contributed by atoms with van der Waals surface area (Å²) >= 11 is 0. The first-order valence-corrected chi connectivity index (χ1v) is 6.05. The molecule has 0 spiro atoms. The van der Waals surface area contributed by atoms with E-state index in [1.165, 1.54) is 11.9 Å². The van der Waals surface area contributed by atoms with E-state index < -0.39 is 0 Å². The fourth-order valence-corrected chi connectivity index (χ4v) is 1.88. The molecule has 0 aliphatic carbocycles. The van der Waals surface area contributed by atoms with Crippen molar-refractivity contribution in [3.8, 4) is 11.3 Å². The first kappa shape index (κ1) is 12.4. The minimum atomic E-state index is 0.409. The lowest BCUT2D eigenvalue weighted by molar-refractivity contribution is 0.111. The van der Waals surface area contributed by atoms with Crippen LogP contribution in [0.25, 0.3) is 11.3 Å². The fraction of sp³-hybridized carbons (Fsp3) is 0.267. The highest BCUT2D eigenvalue weighted by Crippen LogP contribution is 2.18. The Kier molecular flexibility index (Phi) is 3.82. The number of aldehydes is 1. The molecule has 0 bridgehead atoms. The molecule has 92 valence electrons. The Morgan fingerprint density at radius 1 is 1.17 bits per heavy atom. The van der Waals surface area contributed by atoms with Gasteiger partial charge in [-0.25, -0.2) is 9.97 Å². The molecule has 0 unspecified atom stereocenters. The molecule has 3 nitrogen and oxygen atoms in total. The van der Waals surface area contributed by atoms with Gasteiger partial charge in [0.2, 0.25) is 0 Å². The highest BCUT2D eigenvalue weighted by molar-refractivity contribution is 5.74. The number of nitrogens with zero attached hydrogens (tertiary/aromatic N) is 2. The zero-order chi connectivity index (χ0) is 13.0. The molecule has 0 saturated carbocycles. The Hall–Kier alpha value is -2.03. The first-order chi connectivity index (χ1) is 8.69. The molecule has 2 aromatic rings. The van der Waals surface area contributed by atoms with E-state index in [9.17, 15) is 4.79 Å². The topological polar surface area (TPSA) is 42.9 Å². The summed E-state index contributed by atoms with van der Waals surface area (Å²) < 4.78 is 0. The van der Waals surface area contributed by atoms with E-state index in [0.29, 0.717) is 11.6 Å². The predicted molar refractivity (Wildman–Crippen MR) is 71.4 cm³/mol. The van der Waals surface area contributed by atoms with Gasteiger partial charge in [0.25, 0.3) is 0 Å². The molecule has 0 radical (unpaired) electrons. The molecule has 0 atom stereocenters. The molecule has 1 aromatic heterocycles. The Balaban J connectivity index is 2.25.